The van der Waals surface area contributed by atoms with Crippen molar-refractivity contribution in [2.75, 3.05) is 11.9 Å². The van der Waals surface area contributed by atoms with E-state index < -0.39 is 5.54 Å². The van der Waals surface area contributed by atoms with Gasteiger partial charge in [0.25, 0.3) is 0 Å². The Kier molecular flexibility index (Phi) is 4.69. The van der Waals surface area contributed by atoms with Crippen molar-refractivity contribution in [3.8, 4) is 6.07 Å². The van der Waals surface area contributed by atoms with Crippen LogP contribution in [0.4, 0.5) is 5.82 Å². The highest BCUT2D eigenvalue weighted by molar-refractivity contribution is 5.57. The molecule has 98 valence electrons. The monoisotopic (exact) mass is 247 g/mol. The van der Waals surface area contributed by atoms with E-state index in [0.717, 1.165) is 24.1 Å². The Balaban J connectivity index is 3.22. The number of hydrogen-bond donors (Lipinski definition) is 2. The molecule has 1 aromatic heterocycles. The molecule has 0 saturated carbocycles. The molecule has 1 rings (SSSR count). The van der Waals surface area contributed by atoms with Crippen LogP contribution in [0.3, 0.4) is 0 Å². The van der Waals surface area contributed by atoms with Crippen LogP contribution in [-0.2, 0) is 0 Å². The molecular formula is C14H21N3O. The first-order chi connectivity index (χ1) is 8.51. The van der Waals surface area contributed by atoms with Gasteiger partial charge >= 0.3 is 0 Å². The van der Waals surface area contributed by atoms with Gasteiger partial charge in [0.1, 0.15) is 11.9 Å². The van der Waals surface area contributed by atoms with E-state index in [-0.39, 0.29) is 6.61 Å². The Morgan fingerprint density at radius 3 is 2.44 bits per heavy atom. The average molecular weight is 247 g/mol. The number of nitriles is 1. The summed E-state index contributed by atoms with van der Waals surface area (Å²) < 4.78 is 0. The van der Waals surface area contributed by atoms with Crippen molar-refractivity contribution in [3.05, 3.63) is 22.9 Å². The molecule has 0 aliphatic carbocycles. The number of rotatable bonds is 5. The molecular weight excluding hydrogens is 226 g/mol. The molecule has 0 atom stereocenters. The van der Waals surface area contributed by atoms with E-state index in [1.165, 1.54) is 0 Å². The number of anilines is 1. The second-order valence-electron chi connectivity index (χ2n) is 4.69. The van der Waals surface area contributed by atoms with Crippen LogP contribution < -0.4 is 5.32 Å². The van der Waals surface area contributed by atoms with Crippen LogP contribution in [0.15, 0.2) is 6.07 Å². The second-order valence-corrected chi connectivity index (χ2v) is 4.69. The number of hydrogen-bond acceptors (Lipinski definition) is 4. The summed E-state index contributed by atoms with van der Waals surface area (Å²) in [7, 11) is 0. The van der Waals surface area contributed by atoms with Crippen LogP contribution in [-0.4, -0.2) is 22.2 Å². The fourth-order valence-corrected chi connectivity index (χ4v) is 2.01. The SMILES string of the molecule is CCC(CC)(CO)Nc1nc(C)cc(C)c1C#N. The maximum absolute atomic E-state index is 9.57. The number of nitrogens with zero attached hydrogens (tertiary/aromatic N) is 2. The summed E-state index contributed by atoms with van der Waals surface area (Å²) >= 11 is 0. The number of aryl methyl sites for hydroxylation is 2. The zero-order valence-corrected chi connectivity index (χ0v) is 11.5. The molecule has 18 heavy (non-hydrogen) atoms. The number of aliphatic hydroxyl groups is 1. The molecule has 0 aliphatic heterocycles. The molecule has 0 bridgehead atoms. The van der Waals surface area contributed by atoms with Gasteiger partial charge in [0.05, 0.1) is 17.7 Å². The fraction of sp³-hybridized carbons (Fsp3) is 0.571. The van der Waals surface area contributed by atoms with Gasteiger partial charge in [0.2, 0.25) is 0 Å². The molecule has 0 aromatic carbocycles. The maximum Gasteiger partial charge on any atom is 0.144 e. The summed E-state index contributed by atoms with van der Waals surface area (Å²) in [5, 5.41) is 22.0. The second kappa shape index (κ2) is 5.83. The zero-order valence-electron chi connectivity index (χ0n) is 11.5. The van der Waals surface area contributed by atoms with Gasteiger partial charge in [0, 0.05) is 5.69 Å². The van der Waals surface area contributed by atoms with Crippen molar-refractivity contribution in [2.24, 2.45) is 0 Å². The molecule has 1 aromatic rings. The highest BCUT2D eigenvalue weighted by atomic mass is 16.3. The molecule has 1 heterocycles. The highest BCUT2D eigenvalue weighted by Crippen LogP contribution is 2.25. The zero-order chi connectivity index (χ0) is 13.8. The lowest BCUT2D eigenvalue weighted by atomic mass is 9.93. The quantitative estimate of drug-likeness (QED) is 0.839. The smallest absolute Gasteiger partial charge is 0.144 e. The van der Waals surface area contributed by atoms with Crippen molar-refractivity contribution in [3.63, 3.8) is 0 Å². The third-order valence-electron chi connectivity index (χ3n) is 3.50. The lowest BCUT2D eigenvalue weighted by molar-refractivity contribution is 0.202. The van der Waals surface area contributed by atoms with Gasteiger partial charge in [0.15, 0.2) is 0 Å². The minimum Gasteiger partial charge on any atom is -0.394 e. The predicted molar refractivity (Wildman–Crippen MR) is 72.4 cm³/mol. The molecule has 4 heteroatoms. The Hall–Kier alpha value is -1.60. The molecule has 2 N–H and O–H groups in total. The summed E-state index contributed by atoms with van der Waals surface area (Å²) in [5.74, 6) is 0.577. The Labute approximate surface area is 109 Å². The maximum atomic E-state index is 9.57. The summed E-state index contributed by atoms with van der Waals surface area (Å²) in [6.07, 6.45) is 1.55. The lowest BCUT2D eigenvalue weighted by Gasteiger charge is -2.32. The first kappa shape index (κ1) is 14.5. The normalized spacial score (nSPS) is 11.1. The summed E-state index contributed by atoms with van der Waals surface area (Å²) in [4.78, 5) is 4.39. The number of aliphatic hydroxyl groups excluding tert-OH is 1. The van der Waals surface area contributed by atoms with Gasteiger partial charge in [-0.25, -0.2) is 4.98 Å². The van der Waals surface area contributed by atoms with Crippen molar-refractivity contribution in [2.45, 2.75) is 46.1 Å². The molecule has 0 aliphatic rings. The van der Waals surface area contributed by atoms with Gasteiger partial charge in [-0.2, -0.15) is 5.26 Å². The lowest BCUT2D eigenvalue weighted by Crippen LogP contribution is -2.41. The number of nitrogens with one attached hydrogen (secondary N) is 1. The predicted octanol–water partition coefficient (Wildman–Crippen LogP) is 2.53. The first-order valence-electron chi connectivity index (χ1n) is 6.29. The van der Waals surface area contributed by atoms with Crippen molar-refractivity contribution < 1.29 is 5.11 Å². The molecule has 0 spiro atoms. The van der Waals surface area contributed by atoms with E-state index in [2.05, 4.69) is 16.4 Å². The molecule has 0 amide bonds. The Bertz CT molecular complexity index is 451. The van der Waals surface area contributed by atoms with E-state index in [0.29, 0.717) is 11.4 Å². The molecule has 4 nitrogen and oxygen atoms in total. The van der Waals surface area contributed by atoms with Crippen LogP contribution in [0, 0.1) is 25.2 Å². The van der Waals surface area contributed by atoms with E-state index in [9.17, 15) is 10.4 Å². The van der Waals surface area contributed by atoms with Gasteiger partial charge in [-0.15, -0.1) is 0 Å². The van der Waals surface area contributed by atoms with Crippen LogP contribution in [0.1, 0.15) is 43.5 Å². The molecule has 0 saturated heterocycles. The molecule has 0 radical (unpaired) electrons. The van der Waals surface area contributed by atoms with Crippen LogP contribution in [0.2, 0.25) is 0 Å². The number of aromatic nitrogens is 1. The standard InChI is InChI=1S/C14H21N3O/c1-5-14(6-2,9-18)17-13-12(8-15)10(3)7-11(4)16-13/h7,18H,5-6,9H2,1-4H3,(H,16,17). The molecule has 0 fully saturated rings. The van der Waals surface area contributed by atoms with Crippen molar-refractivity contribution >= 4 is 5.82 Å². The third kappa shape index (κ3) is 2.80. The summed E-state index contributed by atoms with van der Waals surface area (Å²) in [6, 6.07) is 4.07. The average Bonchev–Trinajstić information content (AvgIpc) is 2.35. The van der Waals surface area contributed by atoms with Gasteiger partial charge in [-0.1, -0.05) is 13.8 Å². The van der Waals surface area contributed by atoms with Gasteiger partial charge < -0.3 is 10.4 Å². The minimum atomic E-state index is -0.404. The van der Waals surface area contributed by atoms with Crippen molar-refractivity contribution in [1.82, 2.24) is 4.98 Å². The van der Waals surface area contributed by atoms with E-state index in [4.69, 9.17) is 0 Å². The minimum absolute atomic E-state index is 0.0273. The fourth-order valence-electron chi connectivity index (χ4n) is 2.01. The van der Waals surface area contributed by atoms with E-state index >= 15 is 0 Å². The van der Waals surface area contributed by atoms with Gasteiger partial charge in [-0.05, 0) is 38.3 Å². The van der Waals surface area contributed by atoms with Gasteiger partial charge in [-0.3, -0.25) is 0 Å². The Morgan fingerprint density at radius 2 is 2.00 bits per heavy atom. The van der Waals surface area contributed by atoms with Crippen molar-refractivity contribution in [1.29, 1.82) is 5.26 Å². The van der Waals surface area contributed by atoms with E-state index in [1.54, 1.807) is 0 Å². The number of pyridine rings is 1. The highest BCUT2D eigenvalue weighted by Gasteiger charge is 2.26. The first-order valence-corrected chi connectivity index (χ1v) is 6.29. The largest absolute Gasteiger partial charge is 0.394 e. The van der Waals surface area contributed by atoms with E-state index in [1.807, 2.05) is 33.8 Å². The summed E-state index contributed by atoms with van der Waals surface area (Å²) in [6.45, 7) is 7.86. The third-order valence-corrected chi connectivity index (χ3v) is 3.50. The Morgan fingerprint density at radius 1 is 1.39 bits per heavy atom. The molecule has 0 unspecified atom stereocenters. The topological polar surface area (TPSA) is 68.9 Å². The van der Waals surface area contributed by atoms with Crippen LogP contribution in [0.25, 0.3) is 0 Å². The van der Waals surface area contributed by atoms with Crippen LogP contribution >= 0.6 is 0 Å². The van der Waals surface area contributed by atoms with Crippen LogP contribution in [0.5, 0.6) is 0 Å². The summed E-state index contributed by atoms with van der Waals surface area (Å²) in [5.41, 5.74) is 1.93.